The minimum atomic E-state index is -0.174. The van der Waals surface area contributed by atoms with Crippen LogP contribution in [0.25, 0.3) is 0 Å². The largest absolute Gasteiger partial charge is 0.507 e. The van der Waals surface area contributed by atoms with Crippen LogP contribution in [0.5, 0.6) is 5.75 Å². The minimum Gasteiger partial charge on any atom is -0.507 e. The molecule has 2 aromatic carbocycles. The molecule has 0 aromatic heterocycles. The number of nitrogens with zero attached hydrogens (tertiary/aromatic N) is 1. The van der Waals surface area contributed by atoms with Gasteiger partial charge in [0, 0.05) is 16.8 Å². The zero-order chi connectivity index (χ0) is 14.7. The summed E-state index contributed by atoms with van der Waals surface area (Å²) >= 11 is 5.80. The van der Waals surface area contributed by atoms with Crippen LogP contribution in [-0.2, 0) is 0 Å². The molecule has 0 aliphatic carbocycles. The number of aryl methyl sites for hydroxylation is 1. The van der Waals surface area contributed by atoms with Gasteiger partial charge in [-0.25, -0.2) is 0 Å². The number of carbonyl (C=O) groups is 1. The Morgan fingerprint density at radius 3 is 2.50 bits per heavy atom. The third-order valence-corrected chi connectivity index (χ3v) is 3.09. The van der Waals surface area contributed by atoms with Gasteiger partial charge in [-0.2, -0.15) is 0 Å². The number of hydrogen-bond acceptors (Lipinski definition) is 3. The Kier molecular flexibility index (Phi) is 4.20. The molecule has 2 aromatic rings. The number of carbonyl (C=O) groups excluding carboxylic acids is 1. The van der Waals surface area contributed by atoms with E-state index in [0.29, 0.717) is 16.1 Å². The van der Waals surface area contributed by atoms with Crippen molar-refractivity contribution in [2.75, 3.05) is 0 Å². The number of rotatable bonds is 3. The molecular weight excluding hydrogens is 274 g/mol. The minimum absolute atomic E-state index is 0.0409. The molecule has 0 amide bonds. The summed E-state index contributed by atoms with van der Waals surface area (Å²) in [6.45, 7) is 3.29. The lowest BCUT2D eigenvalue weighted by atomic mass is 10.0. The Labute approximate surface area is 122 Å². The molecule has 0 aliphatic heterocycles. The monoisotopic (exact) mass is 287 g/mol. The molecule has 0 spiro atoms. The number of aromatic hydroxyl groups is 1. The third-order valence-electron chi connectivity index (χ3n) is 2.84. The first-order chi connectivity index (χ1) is 9.47. The molecule has 0 saturated heterocycles. The summed E-state index contributed by atoms with van der Waals surface area (Å²) in [5.41, 5.74) is 2.44. The lowest BCUT2D eigenvalue weighted by Crippen LogP contribution is -1.97. The zero-order valence-electron chi connectivity index (χ0n) is 11.2. The maximum Gasteiger partial charge on any atom is 0.163 e. The molecule has 102 valence electrons. The highest BCUT2D eigenvalue weighted by molar-refractivity contribution is 6.30. The summed E-state index contributed by atoms with van der Waals surface area (Å²) < 4.78 is 0. The fourth-order valence-corrected chi connectivity index (χ4v) is 1.97. The van der Waals surface area contributed by atoms with Crippen LogP contribution in [-0.4, -0.2) is 17.1 Å². The molecule has 0 saturated carbocycles. The summed E-state index contributed by atoms with van der Waals surface area (Å²) in [5.74, 6) is -0.215. The van der Waals surface area contributed by atoms with Crippen molar-refractivity contribution in [3.63, 3.8) is 0 Å². The van der Waals surface area contributed by atoms with Crippen molar-refractivity contribution >= 4 is 29.3 Å². The van der Waals surface area contributed by atoms with E-state index in [9.17, 15) is 9.90 Å². The van der Waals surface area contributed by atoms with E-state index in [1.165, 1.54) is 13.1 Å². The van der Waals surface area contributed by atoms with Crippen LogP contribution in [0.3, 0.4) is 0 Å². The predicted octanol–water partition coefficient (Wildman–Crippen LogP) is 4.31. The molecule has 0 radical (unpaired) electrons. The van der Waals surface area contributed by atoms with Gasteiger partial charge in [-0.15, -0.1) is 0 Å². The molecular formula is C16H14ClNO2. The Bertz CT molecular complexity index is 676. The molecule has 0 unspecified atom stereocenters. The van der Waals surface area contributed by atoms with Crippen LogP contribution in [0.2, 0.25) is 5.02 Å². The average Bonchev–Trinajstić information content (AvgIpc) is 2.41. The lowest BCUT2D eigenvalue weighted by Gasteiger charge is -2.06. The van der Waals surface area contributed by atoms with E-state index in [0.717, 1.165) is 11.3 Å². The average molecular weight is 288 g/mol. The highest BCUT2D eigenvalue weighted by Crippen LogP contribution is 2.24. The van der Waals surface area contributed by atoms with Crippen molar-refractivity contribution in [3.8, 4) is 5.75 Å². The summed E-state index contributed by atoms with van der Waals surface area (Å²) in [7, 11) is 0. The SMILES string of the molecule is CC(=O)c1cc(C)cc(C=Nc2ccc(Cl)cc2)c1O. The Hall–Kier alpha value is -2.13. The van der Waals surface area contributed by atoms with Crippen LogP contribution in [0, 0.1) is 6.92 Å². The van der Waals surface area contributed by atoms with Crippen LogP contribution in [0.15, 0.2) is 41.4 Å². The van der Waals surface area contributed by atoms with Gasteiger partial charge in [0.2, 0.25) is 0 Å². The first-order valence-corrected chi connectivity index (χ1v) is 6.49. The smallest absolute Gasteiger partial charge is 0.163 e. The predicted molar refractivity (Wildman–Crippen MR) is 81.6 cm³/mol. The number of Topliss-reactive ketones (excluding diaryl/α,β-unsaturated/α-hetero) is 1. The van der Waals surface area contributed by atoms with Gasteiger partial charge in [0.1, 0.15) is 5.75 Å². The van der Waals surface area contributed by atoms with Gasteiger partial charge >= 0.3 is 0 Å². The standard InChI is InChI=1S/C16H14ClNO2/c1-10-7-12(16(20)15(8-10)11(2)19)9-18-14-5-3-13(17)4-6-14/h3-9,20H,1-2H3. The van der Waals surface area contributed by atoms with Crippen LogP contribution < -0.4 is 0 Å². The van der Waals surface area contributed by atoms with Gasteiger partial charge in [-0.1, -0.05) is 11.6 Å². The lowest BCUT2D eigenvalue weighted by molar-refractivity contribution is 0.101. The second kappa shape index (κ2) is 5.88. The van der Waals surface area contributed by atoms with E-state index in [4.69, 9.17) is 11.6 Å². The van der Waals surface area contributed by atoms with Crippen LogP contribution in [0.4, 0.5) is 5.69 Å². The first-order valence-electron chi connectivity index (χ1n) is 6.11. The topological polar surface area (TPSA) is 49.7 Å². The van der Waals surface area contributed by atoms with E-state index < -0.39 is 0 Å². The van der Waals surface area contributed by atoms with E-state index in [1.54, 1.807) is 36.4 Å². The molecule has 2 rings (SSSR count). The van der Waals surface area contributed by atoms with Gasteiger partial charge < -0.3 is 5.11 Å². The van der Waals surface area contributed by atoms with Crippen molar-refractivity contribution in [1.29, 1.82) is 0 Å². The van der Waals surface area contributed by atoms with E-state index in [2.05, 4.69) is 4.99 Å². The van der Waals surface area contributed by atoms with Gasteiger partial charge in [-0.3, -0.25) is 9.79 Å². The van der Waals surface area contributed by atoms with E-state index in [1.807, 2.05) is 6.92 Å². The van der Waals surface area contributed by atoms with Crippen molar-refractivity contribution in [3.05, 3.63) is 58.1 Å². The number of aliphatic imine (C=N–C) groups is 1. The highest BCUT2D eigenvalue weighted by atomic mass is 35.5. The van der Waals surface area contributed by atoms with Gasteiger partial charge in [0.15, 0.2) is 5.78 Å². The normalized spacial score (nSPS) is 10.9. The maximum absolute atomic E-state index is 11.5. The first kappa shape index (κ1) is 14.3. The van der Waals surface area contributed by atoms with E-state index >= 15 is 0 Å². The van der Waals surface area contributed by atoms with Crippen molar-refractivity contribution < 1.29 is 9.90 Å². The second-order valence-electron chi connectivity index (χ2n) is 4.54. The number of ketones is 1. The number of phenolic OH excluding ortho intramolecular Hbond substituents is 1. The second-order valence-corrected chi connectivity index (χ2v) is 4.98. The molecule has 0 fully saturated rings. The number of hydrogen-bond donors (Lipinski definition) is 1. The molecule has 0 aliphatic rings. The Morgan fingerprint density at radius 1 is 1.25 bits per heavy atom. The van der Waals surface area contributed by atoms with Crippen molar-refractivity contribution in [2.24, 2.45) is 4.99 Å². The number of phenols is 1. The fraction of sp³-hybridized carbons (Fsp3) is 0.125. The van der Waals surface area contributed by atoms with Crippen LogP contribution in [0.1, 0.15) is 28.4 Å². The van der Waals surface area contributed by atoms with Crippen molar-refractivity contribution in [2.45, 2.75) is 13.8 Å². The molecule has 4 heteroatoms. The molecule has 1 N–H and O–H groups in total. The molecule has 20 heavy (non-hydrogen) atoms. The molecule has 0 bridgehead atoms. The summed E-state index contributed by atoms with van der Waals surface area (Å²) in [6, 6.07) is 10.5. The quantitative estimate of drug-likeness (QED) is 0.675. The Balaban J connectivity index is 2.38. The van der Waals surface area contributed by atoms with E-state index in [-0.39, 0.29) is 11.5 Å². The van der Waals surface area contributed by atoms with Gasteiger partial charge in [-0.05, 0) is 55.8 Å². The summed E-state index contributed by atoms with van der Waals surface area (Å²) in [4.78, 5) is 15.7. The third kappa shape index (κ3) is 3.25. The maximum atomic E-state index is 11.5. The molecule has 3 nitrogen and oxygen atoms in total. The highest BCUT2D eigenvalue weighted by Gasteiger charge is 2.10. The summed E-state index contributed by atoms with van der Waals surface area (Å²) in [5, 5.41) is 10.7. The molecule has 0 heterocycles. The van der Waals surface area contributed by atoms with Crippen LogP contribution >= 0.6 is 11.6 Å². The fourth-order valence-electron chi connectivity index (χ4n) is 1.84. The Morgan fingerprint density at radius 2 is 1.90 bits per heavy atom. The summed E-state index contributed by atoms with van der Waals surface area (Å²) in [6.07, 6.45) is 1.54. The van der Waals surface area contributed by atoms with Crippen molar-refractivity contribution in [1.82, 2.24) is 0 Å². The number of halogens is 1. The van der Waals surface area contributed by atoms with Gasteiger partial charge in [0.05, 0.1) is 11.3 Å². The number of benzene rings is 2. The zero-order valence-corrected chi connectivity index (χ0v) is 12.0. The molecule has 0 atom stereocenters. The van der Waals surface area contributed by atoms with Gasteiger partial charge in [0.25, 0.3) is 0 Å².